The van der Waals surface area contributed by atoms with Gasteiger partial charge in [0, 0.05) is 11.8 Å². The summed E-state index contributed by atoms with van der Waals surface area (Å²) in [5, 5.41) is 15.5. The molecule has 1 aliphatic rings. The Bertz CT molecular complexity index is 1140. The van der Waals surface area contributed by atoms with Crippen LogP contribution in [-0.2, 0) is 15.1 Å². The van der Waals surface area contributed by atoms with Crippen LogP contribution >= 0.6 is 11.6 Å². The van der Waals surface area contributed by atoms with Crippen molar-refractivity contribution in [3.05, 3.63) is 63.2 Å². The zero-order valence-corrected chi connectivity index (χ0v) is 17.4. The first-order chi connectivity index (χ1) is 15.3. The number of hydrogen-bond donors (Lipinski definition) is 2. The molecule has 10 nitrogen and oxygen atoms in total. The third kappa shape index (κ3) is 5.14. The molecule has 0 spiro atoms. The third-order valence-electron chi connectivity index (χ3n) is 4.67. The smallest absolute Gasteiger partial charge is 0.406 e. The number of nitrogens with one attached hydrogen (secondary N) is 2. The molecule has 1 heterocycles. The number of urea groups is 1. The molecule has 0 saturated carbocycles. The van der Waals surface area contributed by atoms with Gasteiger partial charge in [-0.15, -0.1) is 13.2 Å². The molecular formula is C19H14ClF3N4O6. The second-order valence-electron chi connectivity index (χ2n) is 6.99. The van der Waals surface area contributed by atoms with Gasteiger partial charge < -0.3 is 15.4 Å². The Balaban J connectivity index is 1.72. The fourth-order valence-electron chi connectivity index (χ4n) is 3.10. The summed E-state index contributed by atoms with van der Waals surface area (Å²) in [7, 11) is 0. The number of nitrogens with zero attached hydrogens (tertiary/aromatic N) is 2. The molecule has 1 aliphatic heterocycles. The maximum Gasteiger partial charge on any atom is 0.573 e. The molecule has 2 N–H and O–H groups in total. The van der Waals surface area contributed by atoms with Gasteiger partial charge in [0.05, 0.1) is 4.92 Å². The standard InChI is InChI=1S/C19H14ClF3N4O6/c1-18(10-2-5-12(6-3-10)33-19(21,22)23)16(29)26(17(30)25-18)9-15(28)24-11-4-7-13(20)14(8-11)27(31)32/h2-8H,9H2,1H3,(H,24,28)(H,25,30). The second-order valence-corrected chi connectivity index (χ2v) is 7.40. The van der Waals surface area contributed by atoms with E-state index in [1.165, 1.54) is 31.2 Å². The topological polar surface area (TPSA) is 131 Å². The Labute approximate surface area is 188 Å². The van der Waals surface area contributed by atoms with Crippen LogP contribution in [0.5, 0.6) is 5.75 Å². The number of anilines is 1. The minimum atomic E-state index is -4.89. The van der Waals surface area contributed by atoms with Gasteiger partial charge in [-0.05, 0) is 36.8 Å². The quantitative estimate of drug-likeness (QED) is 0.365. The molecule has 1 fully saturated rings. The van der Waals surface area contributed by atoms with Gasteiger partial charge in [-0.3, -0.25) is 24.6 Å². The molecule has 14 heteroatoms. The van der Waals surface area contributed by atoms with E-state index < -0.39 is 52.7 Å². The zero-order valence-electron chi connectivity index (χ0n) is 16.6. The molecule has 0 aromatic heterocycles. The normalized spacial score (nSPS) is 18.2. The first-order valence-electron chi connectivity index (χ1n) is 9.04. The summed E-state index contributed by atoms with van der Waals surface area (Å²) in [5.41, 5.74) is -1.92. The van der Waals surface area contributed by atoms with Crippen molar-refractivity contribution < 1.29 is 37.2 Å². The summed E-state index contributed by atoms with van der Waals surface area (Å²) in [4.78, 5) is 48.4. The van der Waals surface area contributed by atoms with Gasteiger partial charge in [0.1, 0.15) is 22.9 Å². The van der Waals surface area contributed by atoms with Crippen molar-refractivity contribution in [3.63, 3.8) is 0 Å². The van der Waals surface area contributed by atoms with E-state index in [4.69, 9.17) is 11.6 Å². The van der Waals surface area contributed by atoms with Gasteiger partial charge in [-0.2, -0.15) is 0 Å². The zero-order chi connectivity index (χ0) is 24.6. The molecular weight excluding hydrogens is 473 g/mol. The number of rotatable bonds is 6. The Morgan fingerprint density at radius 2 is 1.88 bits per heavy atom. The minimum Gasteiger partial charge on any atom is -0.406 e. The lowest BCUT2D eigenvalue weighted by atomic mass is 9.92. The van der Waals surface area contributed by atoms with Crippen LogP contribution in [0, 0.1) is 10.1 Å². The average molecular weight is 487 g/mol. The van der Waals surface area contributed by atoms with Crippen LogP contribution in [-0.4, -0.2) is 40.6 Å². The number of nitro benzene ring substituents is 1. The number of hydrogen-bond acceptors (Lipinski definition) is 6. The first kappa shape index (κ1) is 23.8. The molecule has 174 valence electrons. The van der Waals surface area contributed by atoms with Crippen molar-refractivity contribution in [1.82, 2.24) is 10.2 Å². The van der Waals surface area contributed by atoms with Gasteiger partial charge >= 0.3 is 12.4 Å². The van der Waals surface area contributed by atoms with Crippen LogP contribution < -0.4 is 15.4 Å². The van der Waals surface area contributed by atoms with Gasteiger partial charge in [0.15, 0.2) is 0 Å². The summed E-state index contributed by atoms with van der Waals surface area (Å²) in [6.07, 6.45) is -4.89. The number of imide groups is 1. The third-order valence-corrected chi connectivity index (χ3v) is 4.99. The Morgan fingerprint density at radius 1 is 1.24 bits per heavy atom. The number of halogens is 4. The fraction of sp³-hybridized carbons (Fsp3) is 0.211. The number of nitro groups is 1. The molecule has 1 saturated heterocycles. The SMILES string of the molecule is CC1(c2ccc(OC(F)(F)F)cc2)NC(=O)N(CC(=O)Nc2ccc(Cl)c([N+](=O)[O-])c2)C1=O. The van der Waals surface area contributed by atoms with E-state index in [1.54, 1.807) is 0 Å². The maximum absolute atomic E-state index is 12.9. The summed E-state index contributed by atoms with van der Waals surface area (Å²) in [6, 6.07) is 6.93. The summed E-state index contributed by atoms with van der Waals surface area (Å²) >= 11 is 5.71. The van der Waals surface area contributed by atoms with Crippen LogP contribution in [0.1, 0.15) is 12.5 Å². The predicted octanol–water partition coefficient (Wildman–Crippen LogP) is 3.55. The van der Waals surface area contributed by atoms with Crippen LogP contribution in [0.2, 0.25) is 5.02 Å². The van der Waals surface area contributed by atoms with Crippen LogP contribution in [0.4, 0.5) is 29.3 Å². The van der Waals surface area contributed by atoms with Gasteiger partial charge in [0.25, 0.3) is 11.6 Å². The number of benzene rings is 2. The molecule has 0 aliphatic carbocycles. The highest BCUT2D eigenvalue weighted by molar-refractivity contribution is 6.32. The fourth-order valence-corrected chi connectivity index (χ4v) is 3.29. The summed E-state index contributed by atoms with van der Waals surface area (Å²) in [6.45, 7) is 0.610. The Morgan fingerprint density at radius 3 is 2.45 bits per heavy atom. The number of amides is 4. The van der Waals surface area contributed by atoms with Crippen molar-refractivity contribution in [2.45, 2.75) is 18.8 Å². The predicted molar refractivity (Wildman–Crippen MR) is 107 cm³/mol. The highest BCUT2D eigenvalue weighted by atomic mass is 35.5. The van der Waals surface area contributed by atoms with E-state index in [0.717, 1.165) is 18.2 Å². The number of carbonyl (C=O) groups excluding carboxylic acids is 3. The van der Waals surface area contributed by atoms with Crippen molar-refractivity contribution in [2.75, 3.05) is 11.9 Å². The van der Waals surface area contributed by atoms with Gasteiger partial charge in [-0.25, -0.2) is 4.79 Å². The monoisotopic (exact) mass is 486 g/mol. The molecule has 0 radical (unpaired) electrons. The summed E-state index contributed by atoms with van der Waals surface area (Å²) < 4.78 is 40.7. The number of alkyl halides is 3. The van der Waals surface area contributed by atoms with Gasteiger partial charge in [0.2, 0.25) is 5.91 Å². The molecule has 33 heavy (non-hydrogen) atoms. The van der Waals surface area contributed by atoms with E-state index >= 15 is 0 Å². The summed E-state index contributed by atoms with van der Waals surface area (Å²) in [5.74, 6) is -2.16. The molecule has 4 amide bonds. The van der Waals surface area contributed by atoms with E-state index in [2.05, 4.69) is 15.4 Å². The van der Waals surface area contributed by atoms with Crippen LogP contribution in [0.25, 0.3) is 0 Å². The van der Waals surface area contributed by atoms with E-state index in [0.29, 0.717) is 4.90 Å². The Hall–Kier alpha value is -3.87. The highest BCUT2D eigenvalue weighted by Crippen LogP contribution is 2.32. The number of ether oxygens (including phenoxy) is 1. The van der Waals surface area contributed by atoms with Gasteiger partial charge in [-0.1, -0.05) is 23.7 Å². The largest absolute Gasteiger partial charge is 0.573 e. The minimum absolute atomic E-state index is 0.0196. The van der Waals surface area contributed by atoms with Crippen molar-refractivity contribution in [1.29, 1.82) is 0 Å². The van der Waals surface area contributed by atoms with Crippen molar-refractivity contribution in [3.8, 4) is 5.75 Å². The second kappa shape index (κ2) is 8.58. The van der Waals surface area contributed by atoms with Crippen LogP contribution in [0.15, 0.2) is 42.5 Å². The first-order valence-corrected chi connectivity index (χ1v) is 9.42. The average Bonchev–Trinajstić information content (AvgIpc) is 2.92. The molecule has 1 atom stereocenters. The lowest BCUT2D eigenvalue weighted by molar-refractivity contribution is -0.384. The lowest BCUT2D eigenvalue weighted by Crippen LogP contribution is -2.42. The lowest BCUT2D eigenvalue weighted by Gasteiger charge is -2.22. The maximum atomic E-state index is 12.9. The molecule has 0 bridgehead atoms. The Kier molecular flexibility index (Phi) is 6.18. The number of carbonyl (C=O) groups is 3. The molecule has 3 rings (SSSR count). The van der Waals surface area contributed by atoms with E-state index in [9.17, 15) is 37.7 Å². The highest BCUT2D eigenvalue weighted by Gasteiger charge is 2.49. The van der Waals surface area contributed by atoms with Crippen molar-refractivity contribution in [2.24, 2.45) is 0 Å². The van der Waals surface area contributed by atoms with Crippen LogP contribution in [0.3, 0.4) is 0 Å². The molecule has 2 aromatic carbocycles. The van der Waals surface area contributed by atoms with Crippen molar-refractivity contribution >= 4 is 40.8 Å². The van der Waals surface area contributed by atoms with E-state index in [-0.39, 0.29) is 16.3 Å². The van der Waals surface area contributed by atoms with E-state index in [1.807, 2.05) is 0 Å². The molecule has 2 aromatic rings. The molecule has 1 unspecified atom stereocenters.